The number of fused-ring (bicyclic) bond motifs is 1. The summed E-state index contributed by atoms with van der Waals surface area (Å²) in [4.78, 5) is 10.8. The largest absolute Gasteiger partial charge is 0.477 e. The standard InChI is InChI=1S/C10H9ClO3/c11-10(9(12)13)6-5-7-3-1-2-4-8(7)14-10/h1-4H,5-6H2,(H,12,13). The summed E-state index contributed by atoms with van der Waals surface area (Å²) in [7, 11) is 0. The van der Waals surface area contributed by atoms with Crippen molar-refractivity contribution in [3.05, 3.63) is 29.8 Å². The van der Waals surface area contributed by atoms with Gasteiger partial charge in [0.25, 0.3) is 5.06 Å². The van der Waals surface area contributed by atoms with Crippen molar-refractivity contribution >= 4 is 17.6 Å². The first-order valence-electron chi connectivity index (χ1n) is 4.31. The number of aryl methyl sites for hydroxylation is 1. The quantitative estimate of drug-likeness (QED) is 0.725. The number of aliphatic carboxylic acids is 1. The number of alkyl halides is 1. The lowest BCUT2D eigenvalue weighted by atomic mass is 10.0. The van der Waals surface area contributed by atoms with Crippen LogP contribution in [0, 0.1) is 0 Å². The zero-order valence-electron chi connectivity index (χ0n) is 7.37. The van der Waals surface area contributed by atoms with Crippen LogP contribution in [0.5, 0.6) is 5.75 Å². The van der Waals surface area contributed by atoms with Crippen LogP contribution in [0.4, 0.5) is 0 Å². The van der Waals surface area contributed by atoms with Crippen molar-refractivity contribution < 1.29 is 14.6 Å². The number of carboxylic acid groups (broad SMARTS) is 1. The number of para-hydroxylation sites is 1. The minimum atomic E-state index is -1.59. The number of carboxylic acids is 1. The van der Waals surface area contributed by atoms with Crippen molar-refractivity contribution in [2.45, 2.75) is 17.9 Å². The van der Waals surface area contributed by atoms with E-state index in [0.29, 0.717) is 18.6 Å². The van der Waals surface area contributed by atoms with Crippen molar-refractivity contribution in [1.29, 1.82) is 0 Å². The molecular formula is C10H9ClO3. The third-order valence-electron chi connectivity index (χ3n) is 2.28. The average Bonchev–Trinajstić information content (AvgIpc) is 2.17. The number of ether oxygens (including phenoxy) is 1. The smallest absolute Gasteiger partial charge is 0.364 e. The summed E-state index contributed by atoms with van der Waals surface area (Å²) in [6.45, 7) is 0. The van der Waals surface area contributed by atoms with Gasteiger partial charge in [0.1, 0.15) is 5.75 Å². The van der Waals surface area contributed by atoms with E-state index in [1.54, 1.807) is 12.1 Å². The molecule has 0 saturated heterocycles. The number of hydrogen-bond acceptors (Lipinski definition) is 2. The van der Waals surface area contributed by atoms with E-state index in [2.05, 4.69) is 0 Å². The Morgan fingerprint density at radius 3 is 2.93 bits per heavy atom. The van der Waals surface area contributed by atoms with Crippen LogP contribution in [0.15, 0.2) is 24.3 Å². The molecule has 1 aromatic carbocycles. The highest BCUT2D eigenvalue weighted by Gasteiger charge is 2.41. The van der Waals surface area contributed by atoms with Gasteiger partial charge in [-0.3, -0.25) is 0 Å². The first-order chi connectivity index (χ1) is 6.62. The molecule has 0 saturated carbocycles. The highest BCUT2D eigenvalue weighted by atomic mass is 35.5. The first kappa shape index (κ1) is 9.34. The molecule has 4 heteroatoms. The maximum absolute atomic E-state index is 10.8. The summed E-state index contributed by atoms with van der Waals surface area (Å²) in [5.41, 5.74) is 1.00. The summed E-state index contributed by atoms with van der Waals surface area (Å²) in [5.74, 6) is -0.565. The summed E-state index contributed by atoms with van der Waals surface area (Å²) >= 11 is 5.82. The molecule has 1 heterocycles. The van der Waals surface area contributed by atoms with Gasteiger partial charge in [0.05, 0.1) is 0 Å². The van der Waals surface area contributed by atoms with Crippen LogP contribution < -0.4 is 4.74 Å². The topological polar surface area (TPSA) is 46.5 Å². The van der Waals surface area contributed by atoms with Gasteiger partial charge in [0, 0.05) is 6.42 Å². The molecule has 1 unspecified atom stereocenters. The second-order valence-electron chi connectivity index (χ2n) is 3.24. The molecule has 1 aliphatic heterocycles. The van der Waals surface area contributed by atoms with Crippen LogP contribution in [-0.2, 0) is 11.2 Å². The Kier molecular flexibility index (Phi) is 2.11. The Morgan fingerprint density at radius 1 is 1.50 bits per heavy atom. The van der Waals surface area contributed by atoms with Gasteiger partial charge in [-0.05, 0) is 18.1 Å². The van der Waals surface area contributed by atoms with E-state index in [1.807, 2.05) is 12.1 Å². The number of carbonyl (C=O) groups is 1. The first-order valence-corrected chi connectivity index (χ1v) is 4.69. The van der Waals surface area contributed by atoms with Crippen LogP contribution >= 0.6 is 11.6 Å². The van der Waals surface area contributed by atoms with Crippen LogP contribution in [0.2, 0.25) is 0 Å². The predicted molar refractivity (Wildman–Crippen MR) is 51.6 cm³/mol. The Morgan fingerprint density at radius 2 is 2.21 bits per heavy atom. The van der Waals surface area contributed by atoms with Crippen molar-refractivity contribution in [2.24, 2.45) is 0 Å². The molecule has 0 bridgehead atoms. The summed E-state index contributed by atoms with van der Waals surface area (Å²) < 4.78 is 5.25. The van der Waals surface area contributed by atoms with E-state index < -0.39 is 11.0 Å². The molecule has 0 fully saturated rings. The Hall–Kier alpha value is -1.22. The van der Waals surface area contributed by atoms with Crippen molar-refractivity contribution in [1.82, 2.24) is 0 Å². The molecule has 1 N–H and O–H groups in total. The molecule has 74 valence electrons. The van der Waals surface area contributed by atoms with Gasteiger partial charge in [-0.15, -0.1) is 0 Å². The second kappa shape index (κ2) is 3.17. The molecule has 1 aromatic rings. The van der Waals surface area contributed by atoms with Gasteiger partial charge >= 0.3 is 5.97 Å². The molecule has 1 aliphatic rings. The van der Waals surface area contributed by atoms with Crippen molar-refractivity contribution in [2.75, 3.05) is 0 Å². The van der Waals surface area contributed by atoms with Gasteiger partial charge in [0.2, 0.25) is 0 Å². The van der Waals surface area contributed by atoms with Gasteiger partial charge in [0.15, 0.2) is 0 Å². The highest BCUT2D eigenvalue weighted by Crippen LogP contribution is 2.35. The van der Waals surface area contributed by atoms with Gasteiger partial charge in [-0.1, -0.05) is 29.8 Å². The van der Waals surface area contributed by atoms with E-state index in [1.165, 1.54) is 0 Å². The molecule has 0 aromatic heterocycles. The molecule has 0 radical (unpaired) electrons. The van der Waals surface area contributed by atoms with E-state index >= 15 is 0 Å². The maximum Gasteiger partial charge on any atom is 0.364 e. The van der Waals surface area contributed by atoms with Gasteiger partial charge in [-0.25, -0.2) is 4.79 Å². The molecule has 3 nitrogen and oxygen atoms in total. The lowest BCUT2D eigenvalue weighted by Gasteiger charge is -2.29. The second-order valence-corrected chi connectivity index (χ2v) is 3.85. The van der Waals surface area contributed by atoms with E-state index in [4.69, 9.17) is 21.4 Å². The molecule has 1 atom stereocenters. The van der Waals surface area contributed by atoms with E-state index in [9.17, 15) is 4.79 Å². The van der Waals surface area contributed by atoms with Crippen LogP contribution in [0.25, 0.3) is 0 Å². The van der Waals surface area contributed by atoms with E-state index in [-0.39, 0.29) is 0 Å². The number of halogens is 1. The van der Waals surface area contributed by atoms with Crippen LogP contribution in [0.3, 0.4) is 0 Å². The van der Waals surface area contributed by atoms with Crippen molar-refractivity contribution in [3.63, 3.8) is 0 Å². The fourth-order valence-electron chi connectivity index (χ4n) is 1.48. The summed E-state index contributed by atoms with van der Waals surface area (Å²) in [6, 6.07) is 7.33. The van der Waals surface area contributed by atoms with Crippen molar-refractivity contribution in [3.8, 4) is 5.75 Å². The number of rotatable bonds is 1. The number of benzene rings is 1. The third-order valence-corrected chi connectivity index (χ3v) is 2.71. The fraction of sp³-hybridized carbons (Fsp3) is 0.300. The molecule has 14 heavy (non-hydrogen) atoms. The van der Waals surface area contributed by atoms with Crippen LogP contribution in [0.1, 0.15) is 12.0 Å². The molecular weight excluding hydrogens is 204 g/mol. The molecule has 2 rings (SSSR count). The van der Waals surface area contributed by atoms with Crippen LogP contribution in [-0.4, -0.2) is 16.1 Å². The zero-order valence-corrected chi connectivity index (χ0v) is 8.12. The monoisotopic (exact) mass is 212 g/mol. The number of hydrogen-bond donors (Lipinski definition) is 1. The molecule has 0 spiro atoms. The summed E-state index contributed by atoms with van der Waals surface area (Å²) in [5, 5.41) is 7.28. The van der Waals surface area contributed by atoms with Gasteiger partial charge < -0.3 is 9.84 Å². The third kappa shape index (κ3) is 1.44. The Bertz CT molecular complexity index is 377. The average molecular weight is 213 g/mol. The van der Waals surface area contributed by atoms with E-state index in [0.717, 1.165) is 5.56 Å². The predicted octanol–water partition coefficient (Wildman–Crippen LogP) is 2.03. The lowest BCUT2D eigenvalue weighted by molar-refractivity contribution is -0.149. The minimum Gasteiger partial charge on any atom is -0.477 e. The Labute approximate surface area is 86.3 Å². The highest BCUT2D eigenvalue weighted by molar-refractivity contribution is 6.32. The SMILES string of the molecule is O=C(O)C1(Cl)CCc2ccccc2O1. The maximum atomic E-state index is 10.8. The fourth-order valence-corrected chi connectivity index (χ4v) is 1.66. The summed E-state index contributed by atoms with van der Waals surface area (Å²) in [6.07, 6.45) is 0.923. The molecule has 0 aliphatic carbocycles. The zero-order chi connectivity index (χ0) is 10.2. The normalized spacial score (nSPS) is 24.9. The lowest BCUT2D eigenvalue weighted by Crippen LogP contribution is -2.41. The van der Waals surface area contributed by atoms with Gasteiger partial charge in [-0.2, -0.15) is 0 Å². The Balaban J connectivity index is 2.34. The minimum absolute atomic E-state index is 0.293. The molecule has 0 amide bonds.